The number of nitrogens with zero attached hydrogens (tertiary/aromatic N) is 4. The van der Waals surface area contributed by atoms with Gasteiger partial charge in [-0.25, -0.2) is 9.98 Å². The molecule has 3 heterocycles. The van der Waals surface area contributed by atoms with E-state index in [-0.39, 0.29) is 0 Å². The second-order valence-corrected chi connectivity index (χ2v) is 8.28. The lowest BCUT2D eigenvalue weighted by molar-refractivity contribution is 0.459. The smallest absolute Gasteiger partial charge is 0.191 e. The summed E-state index contributed by atoms with van der Waals surface area (Å²) in [5.41, 5.74) is 3.58. The molecule has 0 radical (unpaired) electrons. The van der Waals surface area contributed by atoms with E-state index in [4.69, 9.17) is 4.99 Å². The van der Waals surface area contributed by atoms with E-state index in [0.717, 1.165) is 63.0 Å². The average molecular weight is 419 g/mol. The Labute approximate surface area is 186 Å². The molecule has 2 aliphatic rings. The van der Waals surface area contributed by atoms with Crippen molar-refractivity contribution >= 4 is 17.5 Å². The number of benzene rings is 1. The fourth-order valence-corrected chi connectivity index (χ4v) is 4.18. The molecule has 0 atom stereocenters. The van der Waals surface area contributed by atoms with Gasteiger partial charge in [0.15, 0.2) is 5.96 Å². The van der Waals surface area contributed by atoms with Crippen molar-refractivity contribution in [3.8, 4) is 0 Å². The van der Waals surface area contributed by atoms with E-state index in [1.165, 1.54) is 11.3 Å². The average Bonchev–Trinajstić information content (AvgIpc) is 3.33. The Morgan fingerprint density at radius 1 is 1.06 bits per heavy atom. The minimum Gasteiger partial charge on any atom is -0.364 e. The van der Waals surface area contributed by atoms with Crippen molar-refractivity contribution in [3.63, 3.8) is 0 Å². The summed E-state index contributed by atoms with van der Waals surface area (Å²) in [7, 11) is 0. The number of aryl methyl sites for hydroxylation is 1. The highest BCUT2D eigenvalue weighted by molar-refractivity contribution is 5.80. The van der Waals surface area contributed by atoms with Gasteiger partial charge in [-0.05, 0) is 56.5 Å². The number of aromatic nitrogens is 1. The molecule has 0 bridgehead atoms. The monoisotopic (exact) mass is 418 g/mol. The summed E-state index contributed by atoms with van der Waals surface area (Å²) in [5, 5.41) is 7.06. The van der Waals surface area contributed by atoms with E-state index >= 15 is 0 Å². The lowest BCUT2D eigenvalue weighted by atomic mass is 10.1. The van der Waals surface area contributed by atoms with E-state index in [9.17, 15) is 0 Å². The highest BCUT2D eigenvalue weighted by atomic mass is 15.2. The molecule has 4 rings (SSSR count). The first-order valence-electron chi connectivity index (χ1n) is 11.4. The lowest BCUT2D eigenvalue weighted by Crippen LogP contribution is -2.48. The first-order valence-corrected chi connectivity index (χ1v) is 11.4. The van der Waals surface area contributed by atoms with Gasteiger partial charge >= 0.3 is 0 Å². The molecule has 0 amide bonds. The SMILES string of the molecule is CCNC(=NCc1cccc(N2CC=CC2)c1)NC1CCN(c2cccc(C)n2)CC1. The van der Waals surface area contributed by atoms with Gasteiger partial charge in [-0.3, -0.25) is 0 Å². The van der Waals surface area contributed by atoms with Gasteiger partial charge in [-0.15, -0.1) is 0 Å². The van der Waals surface area contributed by atoms with Crippen molar-refractivity contribution in [2.45, 2.75) is 39.3 Å². The number of piperidine rings is 1. The zero-order valence-electron chi connectivity index (χ0n) is 18.7. The fraction of sp³-hybridized carbons (Fsp3) is 0.440. The van der Waals surface area contributed by atoms with Crippen LogP contribution in [0.1, 0.15) is 31.0 Å². The summed E-state index contributed by atoms with van der Waals surface area (Å²) in [5.74, 6) is 2.00. The largest absolute Gasteiger partial charge is 0.364 e. The summed E-state index contributed by atoms with van der Waals surface area (Å²) in [6, 6.07) is 15.4. The molecule has 1 aromatic carbocycles. The van der Waals surface area contributed by atoms with Gasteiger partial charge in [0.05, 0.1) is 6.54 Å². The lowest BCUT2D eigenvalue weighted by Gasteiger charge is -2.34. The molecule has 0 aliphatic carbocycles. The van der Waals surface area contributed by atoms with E-state index < -0.39 is 0 Å². The predicted octanol–water partition coefficient (Wildman–Crippen LogP) is 3.49. The van der Waals surface area contributed by atoms with Crippen LogP contribution >= 0.6 is 0 Å². The topological polar surface area (TPSA) is 55.8 Å². The Balaban J connectivity index is 1.33. The zero-order valence-corrected chi connectivity index (χ0v) is 18.7. The van der Waals surface area contributed by atoms with Crippen LogP contribution in [0.2, 0.25) is 0 Å². The molecule has 1 fully saturated rings. The van der Waals surface area contributed by atoms with E-state index in [1.807, 2.05) is 0 Å². The molecule has 6 nitrogen and oxygen atoms in total. The number of rotatable bonds is 6. The second-order valence-electron chi connectivity index (χ2n) is 8.28. The van der Waals surface area contributed by atoms with Crippen LogP contribution in [-0.2, 0) is 6.54 Å². The number of hydrogen-bond acceptors (Lipinski definition) is 4. The summed E-state index contributed by atoms with van der Waals surface area (Å²) in [6.45, 7) is 9.72. The van der Waals surface area contributed by atoms with Crippen molar-refractivity contribution in [2.24, 2.45) is 4.99 Å². The maximum atomic E-state index is 4.87. The van der Waals surface area contributed by atoms with Gasteiger partial charge in [0.25, 0.3) is 0 Å². The zero-order chi connectivity index (χ0) is 21.5. The fourth-order valence-electron chi connectivity index (χ4n) is 4.18. The van der Waals surface area contributed by atoms with Crippen LogP contribution < -0.4 is 20.4 Å². The first-order chi connectivity index (χ1) is 15.2. The van der Waals surface area contributed by atoms with Crippen molar-refractivity contribution in [2.75, 3.05) is 42.5 Å². The quantitative estimate of drug-likeness (QED) is 0.427. The third kappa shape index (κ3) is 5.78. The third-order valence-corrected chi connectivity index (χ3v) is 5.89. The molecule has 0 spiro atoms. The molecule has 31 heavy (non-hydrogen) atoms. The Kier molecular flexibility index (Phi) is 7.07. The van der Waals surface area contributed by atoms with Crippen LogP contribution in [0.3, 0.4) is 0 Å². The van der Waals surface area contributed by atoms with Gasteiger partial charge in [-0.1, -0.05) is 30.4 Å². The number of aliphatic imine (C=N–C) groups is 1. The normalized spacial score (nSPS) is 17.3. The summed E-state index contributed by atoms with van der Waals surface area (Å²) >= 11 is 0. The number of nitrogens with one attached hydrogen (secondary N) is 2. The first kappa shape index (κ1) is 21.2. The van der Waals surface area contributed by atoms with Crippen molar-refractivity contribution < 1.29 is 0 Å². The maximum Gasteiger partial charge on any atom is 0.191 e. The van der Waals surface area contributed by atoms with Gasteiger partial charge in [0.2, 0.25) is 0 Å². The molecular weight excluding hydrogens is 384 g/mol. The van der Waals surface area contributed by atoms with Gasteiger partial charge in [0.1, 0.15) is 5.82 Å². The Bertz CT molecular complexity index is 906. The highest BCUT2D eigenvalue weighted by Crippen LogP contribution is 2.20. The third-order valence-electron chi connectivity index (χ3n) is 5.89. The standard InChI is InChI=1S/C25H34N6/c1-3-26-25(27-19-21-9-7-10-23(18-21)30-14-4-5-15-30)29-22-12-16-31(17-13-22)24-11-6-8-20(2)28-24/h4-11,18,22H,3,12-17,19H2,1-2H3,(H2,26,27,29). The molecule has 1 saturated heterocycles. The van der Waals surface area contributed by atoms with Crippen molar-refractivity contribution in [1.29, 1.82) is 0 Å². The van der Waals surface area contributed by atoms with E-state index in [1.54, 1.807) is 0 Å². The molecule has 0 unspecified atom stereocenters. The van der Waals surface area contributed by atoms with Crippen LogP contribution in [-0.4, -0.2) is 49.7 Å². The van der Waals surface area contributed by atoms with Gasteiger partial charge in [-0.2, -0.15) is 0 Å². The number of guanidine groups is 1. The second kappa shape index (κ2) is 10.3. The van der Waals surface area contributed by atoms with Gasteiger partial charge < -0.3 is 20.4 Å². The molecule has 6 heteroatoms. The summed E-state index contributed by atoms with van der Waals surface area (Å²) in [6.07, 6.45) is 6.60. The maximum absolute atomic E-state index is 4.87. The number of pyridine rings is 1. The molecule has 164 valence electrons. The summed E-state index contributed by atoms with van der Waals surface area (Å²) in [4.78, 5) is 14.3. The predicted molar refractivity (Wildman–Crippen MR) is 130 cm³/mol. The molecule has 2 N–H and O–H groups in total. The highest BCUT2D eigenvalue weighted by Gasteiger charge is 2.21. The van der Waals surface area contributed by atoms with Crippen molar-refractivity contribution in [1.82, 2.24) is 15.6 Å². The minimum atomic E-state index is 0.431. The molecule has 1 aromatic heterocycles. The number of hydrogen-bond donors (Lipinski definition) is 2. The molecular formula is C25H34N6. The van der Waals surface area contributed by atoms with Crippen LogP contribution in [0.25, 0.3) is 0 Å². The molecule has 0 saturated carbocycles. The van der Waals surface area contributed by atoms with E-state index in [2.05, 4.69) is 93.9 Å². The van der Waals surface area contributed by atoms with Gasteiger partial charge in [0, 0.05) is 50.1 Å². The molecule has 2 aromatic rings. The van der Waals surface area contributed by atoms with E-state index in [0.29, 0.717) is 12.6 Å². The van der Waals surface area contributed by atoms with Crippen LogP contribution in [0.15, 0.2) is 59.6 Å². The number of anilines is 2. The Morgan fingerprint density at radius 2 is 1.84 bits per heavy atom. The Hall–Kier alpha value is -3.02. The van der Waals surface area contributed by atoms with Crippen LogP contribution in [0, 0.1) is 6.92 Å². The van der Waals surface area contributed by atoms with Crippen LogP contribution in [0.4, 0.5) is 11.5 Å². The van der Waals surface area contributed by atoms with Crippen LogP contribution in [0.5, 0.6) is 0 Å². The minimum absolute atomic E-state index is 0.431. The Morgan fingerprint density at radius 3 is 2.58 bits per heavy atom. The summed E-state index contributed by atoms with van der Waals surface area (Å²) < 4.78 is 0. The molecule has 2 aliphatic heterocycles. The van der Waals surface area contributed by atoms with Crippen molar-refractivity contribution in [3.05, 3.63) is 65.9 Å².